The highest BCUT2D eigenvalue weighted by atomic mass is 35.6. The molecule has 2 aliphatic heterocycles. The van der Waals surface area contributed by atoms with Crippen LogP contribution in [0.3, 0.4) is 0 Å². The Balaban J connectivity index is 1.18. The lowest BCUT2D eigenvalue weighted by Crippen LogP contribution is -2.50. The summed E-state index contributed by atoms with van der Waals surface area (Å²) in [7, 11) is 0. The molecule has 6 rings (SSSR count). The van der Waals surface area contributed by atoms with Crippen molar-refractivity contribution in [2.24, 2.45) is 0 Å². The van der Waals surface area contributed by atoms with E-state index in [1.54, 1.807) is 12.4 Å². The number of ether oxygens (including phenoxy) is 2. The van der Waals surface area contributed by atoms with E-state index in [1.165, 1.54) is 0 Å². The normalized spacial score (nSPS) is 20.6. The van der Waals surface area contributed by atoms with Gasteiger partial charge in [0.1, 0.15) is 0 Å². The number of aliphatic hydroxyl groups is 1. The highest BCUT2D eigenvalue weighted by Crippen LogP contribution is 2.39. The first-order chi connectivity index (χ1) is 22.7. The van der Waals surface area contributed by atoms with Gasteiger partial charge in [0.25, 0.3) is 9.70 Å². The molecular formula is C35H36Cl3N5O4. The molecule has 0 radical (unpaired) electrons. The molecule has 2 fully saturated rings. The number of benzene rings is 3. The highest BCUT2D eigenvalue weighted by Gasteiger charge is 2.34. The third-order valence-electron chi connectivity index (χ3n) is 8.41. The average Bonchev–Trinajstić information content (AvgIpc) is 3.11. The number of amides is 1. The summed E-state index contributed by atoms with van der Waals surface area (Å²) >= 11 is 17.1. The molecule has 0 aliphatic carbocycles. The maximum atomic E-state index is 12.0. The third kappa shape index (κ3) is 8.80. The second-order valence-electron chi connectivity index (χ2n) is 11.7. The molecule has 0 saturated carbocycles. The number of alkyl halides is 3. The van der Waals surface area contributed by atoms with Gasteiger partial charge in [-0.05, 0) is 46.0 Å². The lowest BCUT2D eigenvalue weighted by Gasteiger charge is -2.40. The van der Waals surface area contributed by atoms with Crippen molar-refractivity contribution in [1.82, 2.24) is 20.2 Å². The summed E-state index contributed by atoms with van der Waals surface area (Å²) in [5.74, 6) is 0.0857. The maximum absolute atomic E-state index is 12.0. The van der Waals surface area contributed by atoms with E-state index in [4.69, 9.17) is 44.3 Å². The van der Waals surface area contributed by atoms with E-state index in [9.17, 15) is 9.90 Å². The first kappa shape index (κ1) is 33.6. The minimum absolute atomic E-state index is 0.00652. The highest BCUT2D eigenvalue weighted by molar-refractivity contribution is 6.76. The number of anilines is 1. The minimum Gasteiger partial charge on any atom is -0.392 e. The van der Waals surface area contributed by atoms with Crippen molar-refractivity contribution in [3.63, 3.8) is 0 Å². The molecule has 0 spiro atoms. The fraction of sp³-hybridized carbons (Fsp3) is 0.343. The Morgan fingerprint density at radius 2 is 1.55 bits per heavy atom. The van der Waals surface area contributed by atoms with Gasteiger partial charge in [0, 0.05) is 63.6 Å². The van der Waals surface area contributed by atoms with Crippen LogP contribution in [-0.2, 0) is 27.4 Å². The van der Waals surface area contributed by atoms with E-state index in [0.29, 0.717) is 6.42 Å². The zero-order chi connectivity index (χ0) is 32.8. The lowest BCUT2D eigenvalue weighted by molar-refractivity contribution is -0.253. The van der Waals surface area contributed by atoms with E-state index in [1.807, 2.05) is 72.8 Å². The van der Waals surface area contributed by atoms with Crippen molar-refractivity contribution in [3.8, 4) is 11.1 Å². The summed E-state index contributed by atoms with van der Waals surface area (Å²) < 4.78 is 11.3. The van der Waals surface area contributed by atoms with Gasteiger partial charge in [0.2, 0.25) is 5.95 Å². The lowest BCUT2D eigenvalue weighted by atomic mass is 9.98. The van der Waals surface area contributed by atoms with Crippen LogP contribution in [0.1, 0.15) is 41.1 Å². The Morgan fingerprint density at radius 1 is 0.851 bits per heavy atom. The summed E-state index contributed by atoms with van der Waals surface area (Å²) in [5.41, 5.74) is 5.63. The van der Waals surface area contributed by atoms with Crippen LogP contribution in [0, 0.1) is 0 Å². The summed E-state index contributed by atoms with van der Waals surface area (Å²) in [5, 5.41) is 12.2. The molecule has 3 atom stereocenters. The molecule has 3 unspecified atom stereocenters. The summed E-state index contributed by atoms with van der Waals surface area (Å²) in [6.07, 6.45) is 3.43. The zero-order valence-corrected chi connectivity index (χ0v) is 27.9. The number of halogens is 3. The van der Waals surface area contributed by atoms with Crippen LogP contribution >= 0.6 is 34.8 Å². The number of carbonyl (C=O) groups is 1. The predicted molar refractivity (Wildman–Crippen MR) is 183 cm³/mol. The van der Waals surface area contributed by atoms with Crippen molar-refractivity contribution >= 4 is 46.7 Å². The van der Waals surface area contributed by atoms with Gasteiger partial charge in [-0.1, -0.05) is 95.5 Å². The number of aromatic nitrogens is 2. The standard InChI is InChI=1S/C35H36Cl3N5O4/c36-35(37,38)33(45)41-21-25-4-1-5-27(18-25)28-6-2-7-29(19-28)32-46-30(20-31(47-32)26-10-8-24(23-44)9-11-26)22-42-14-16-43(17-15-42)34-39-12-3-13-40-34/h1-13,18-19,30-32,44H,14-17,20-23H2,(H,41,45). The van der Waals surface area contributed by atoms with Gasteiger partial charge >= 0.3 is 0 Å². The van der Waals surface area contributed by atoms with Crippen LogP contribution in [0.5, 0.6) is 0 Å². The second kappa shape index (κ2) is 15.3. The SMILES string of the molecule is O=C(NCc1cccc(-c2cccc(C3OC(CN4CCN(c5ncccn5)CC4)CC(c4ccc(CO)cc4)O3)c2)c1)C(Cl)(Cl)Cl. The van der Waals surface area contributed by atoms with Crippen molar-refractivity contribution < 1.29 is 19.4 Å². The number of piperazine rings is 1. The number of hydrogen-bond acceptors (Lipinski definition) is 8. The minimum atomic E-state index is -2.02. The molecule has 12 heteroatoms. The number of nitrogens with one attached hydrogen (secondary N) is 1. The summed E-state index contributed by atoms with van der Waals surface area (Å²) in [6, 6.07) is 25.7. The topological polar surface area (TPSA) is 100 Å². The molecule has 9 nitrogen and oxygen atoms in total. The van der Waals surface area contributed by atoms with Crippen LogP contribution in [-0.4, -0.2) is 68.5 Å². The molecule has 2 saturated heterocycles. The first-order valence-corrected chi connectivity index (χ1v) is 16.7. The molecule has 0 bridgehead atoms. The van der Waals surface area contributed by atoms with E-state index in [2.05, 4.69) is 31.2 Å². The van der Waals surface area contributed by atoms with Gasteiger partial charge in [-0.3, -0.25) is 9.69 Å². The van der Waals surface area contributed by atoms with Crippen LogP contribution < -0.4 is 10.2 Å². The monoisotopic (exact) mass is 695 g/mol. The number of nitrogens with zero attached hydrogens (tertiary/aromatic N) is 4. The molecule has 246 valence electrons. The summed E-state index contributed by atoms with van der Waals surface area (Å²) in [6.45, 7) is 4.45. The Kier molecular flexibility index (Phi) is 10.9. The van der Waals surface area contributed by atoms with E-state index < -0.39 is 16.0 Å². The molecule has 4 aromatic rings. The molecule has 1 aromatic heterocycles. The zero-order valence-electron chi connectivity index (χ0n) is 25.6. The number of rotatable bonds is 9. The van der Waals surface area contributed by atoms with Crippen LogP contribution in [0.2, 0.25) is 0 Å². The Bertz CT molecular complexity index is 1630. The van der Waals surface area contributed by atoms with E-state index in [-0.39, 0.29) is 25.4 Å². The Labute approximate surface area is 289 Å². The average molecular weight is 697 g/mol. The van der Waals surface area contributed by atoms with Crippen LogP contribution in [0.4, 0.5) is 5.95 Å². The van der Waals surface area contributed by atoms with Crippen LogP contribution in [0.15, 0.2) is 91.3 Å². The number of carbonyl (C=O) groups excluding carboxylic acids is 1. The van der Waals surface area contributed by atoms with Crippen LogP contribution in [0.25, 0.3) is 11.1 Å². The smallest absolute Gasteiger partial charge is 0.272 e. The third-order valence-corrected chi connectivity index (χ3v) is 8.93. The van der Waals surface area contributed by atoms with E-state index in [0.717, 1.165) is 72.1 Å². The largest absolute Gasteiger partial charge is 0.392 e. The van der Waals surface area contributed by atoms with Crippen molar-refractivity contribution in [2.45, 2.75) is 41.9 Å². The molecule has 1 amide bonds. The number of hydrogen-bond donors (Lipinski definition) is 2. The molecule has 3 aromatic carbocycles. The van der Waals surface area contributed by atoms with Crippen molar-refractivity contribution in [1.29, 1.82) is 0 Å². The van der Waals surface area contributed by atoms with Gasteiger partial charge < -0.3 is 24.8 Å². The fourth-order valence-electron chi connectivity index (χ4n) is 5.91. The molecule has 2 N–H and O–H groups in total. The molecular weight excluding hydrogens is 661 g/mol. The summed E-state index contributed by atoms with van der Waals surface area (Å²) in [4.78, 5) is 25.5. The van der Waals surface area contributed by atoms with Crippen molar-refractivity contribution in [3.05, 3.63) is 114 Å². The second-order valence-corrected chi connectivity index (χ2v) is 14.0. The van der Waals surface area contributed by atoms with Gasteiger partial charge in [-0.25, -0.2) is 9.97 Å². The Morgan fingerprint density at radius 3 is 2.26 bits per heavy atom. The Hall–Kier alpha value is -3.28. The first-order valence-electron chi connectivity index (χ1n) is 15.5. The maximum Gasteiger partial charge on any atom is 0.272 e. The van der Waals surface area contributed by atoms with Gasteiger partial charge in [0.15, 0.2) is 6.29 Å². The molecule has 3 heterocycles. The van der Waals surface area contributed by atoms with E-state index >= 15 is 0 Å². The fourth-order valence-corrected chi connectivity index (χ4v) is 6.11. The molecule has 2 aliphatic rings. The molecule has 47 heavy (non-hydrogen) atoms. The quantitative estimate of drug-likeness (QED) is 0.206. The van der Waals surface area contributed by atoms with Crippen molar-refractivity contribution in [2.75, 3.05) is 37.6 Å². The van der Waals surface area contributed by atoms with Gasteiger partial charge in [-0.2, -0.15) is 0 Å². The van der Waals surface area contributed by atoms with Gasteiger partial charge in [-0.15, -0.1) is 0 Å². The number of aliphatic hydroxyl groups excluding tert-OH is 1. The van der Waals surface area contributed by atoms with Gasteiger partial charge in [0.05, 0.1) is 18.8 Å². The predicted octanol–water partition coefficient (Wildman–Crippen LogP) is 5.99.